The summed E-state index contributed by atoms with van der Waals surface area (Å²) >= 11 is 5.89. The van der Waals surface area contributed by atoms with E-state index in [0.29, 0.717) is 17.4 Å². The summed E-state index contributed by atoms with van der Waals surface area (Å²) in [6.07, 6.45) is 3.30. The predicted octanol–water partition coefficient (Wildman–Crippen LogP) is 2.95. The van der Waals surface area contributed by atoms with Crippen molar-refractivity contribution < 1.29 is 4.74 Å². The van der Waals surface area contributed by atoms with E-state index in [-0.39, 0.29) is 0 Å². The Morgan fingerprint density at radius 2 is 2.17 bits per heavy atom. The molecule has 0 aliphatic carbocycles. The Hall–Kier alpha value is -1.65. The third-order valence-electron chi connectivity index (χ3n) is 2.37. The molecule has 0 bridgehead atoms. The number of nitrogens with one attached hydrogen (secondary N) is 1. The topological polar surface area (TPSA) is 47.0 Å². The summed E-state index contributed by atoms with van der Waals surface area (Å²) in [5, 5.41) is 3.71. The number of ether oxygens (including phenoxy) is 1. The summed E-state index contributed by atoms with van der Waals surface area (Å²) in [5.41, 5.74) is 1.80. The van der Waals surface area contributed by atoms with Crippen LogP contribution in [0.15, 0.2) is 30.6 Å². The monoisotopic (exact) mass is 263 g/mol. The predicted molar refractivity (Wildman–Crippen MR) is 71.1 cm³/mol. The molecule has 0 radical (unpaired) electrons. The Morgan fingerprint density at radius 1 is 1.33 bits per heavy atom. The van der Waals surface area contributed by atoms with Crippen LogP contribution >= 0.6 is 11.6 Å². The van der Waals surface area contributed by atoms with E-state index >= 15 is 0 Å². The number of hydrogen-bond donors (Lipinski definition) is 1. The smallest absolute Gasteiger partial charge is 0.238 e. The van der Waals surface area contributed by atoms with Crippen LogP contribution in [0.5, 0.6) is 11.6 Å². The van der Waals surface area contributed by atoms with E-state index in [9.17, 15) is 0 Å². The molecule has 5 heteroatoms. The standard InChI is InChI=1S/C13H14ClN3O/c1-9-5-10(14)3-4-12(9)18-13-8-16-7-11(17-13)6-15-2/h3-5,7-8,15H,6H2,1-2H3. The molecule has 1 aromatic carbocycles. The fraction of sp³-hybridized carbons (Fsp3) is 0.231. The molecule has 18 heavy (non-hydrogen) atoms. The molecule has 2 aromatic rings. The van der Waals surface area contributed by atoms with Crippen LogP contribution in [0.1, 0.15) is 11.3 Å². The molecule has 1 heterocycles. The van der Waals surface area contributed by atoms with E-state index in [2.05, 4.69) is 15.3 Å². The lowest BCUT2D eigenvalue weighted by Gasteiger charge is -2.08. The SMILES string of the molecule is CNCc1cncc(Oc2ccc(Cl)cc2C)n1. The summed E-state index contributed by atoms with van der Waals surface area (Å²) in [4.78, 5) is 8.43. The van der Waals surface area contributed by atoms with E-state index in [1.165, 1.54) is 0 Å². The minimum atomic E-state index is 0.480. The molecule has 0 aliphatic heterocycles. The Labute approximate surface area is 111 Å². The summed E-state index contributed by atoms with van der Waals surface area (Å²) in [6.45, 7) is 2.59. The number of rotatable bonds is 4. The lowest BCUT2D eigenvalue weighted by Crippen LogP contribution is -2.07. The minimum Gasteiger partial charge on any atom is -0.437 e. The fourth-order valence-corrected chi connectivity index (χ4v) is 1.77. The molecule has 0 fully saturated rings. The second-order valence-electron chi connectivity index (χ2n) is 3.89. The van der Waals surface area contributed by atoms with Gasteiger partial charge in [-0.1, -0.05) is 11.6 Å². The number of aromatic nitrogens is 2. The van der Waals surface area contributed by atoms with E-state index in [0.717, 1.165) is 17.0 Å². The van der Waals surface area contributed by atoms with Crippen LogP contribution in [0.2, 0.25) is 5.02 Å². The number of aryl methyl sites for hydroxylation is 1. The maximum absolute atomic E-state index is 5.89. The van der Waals surface area contributed by atoms with Crippen molar-refractivity contribution in [2.45, 2.75) is 13.5 Å². The molecule has 0 atom stereocenters. The van der Waals surface area contributed by atoms with Crippen molar-refractivity contribution in [3.05, 3.63) is 46.9 Å². The molecule has 0 unspecified atom stereocenters. The van der Waals surface area contributed by atoms with Gasteiger partial charge in [0.25, 0.3) is 0 Å². The quantitative estimate of drug-likeness (QED) is 0.921. The van der Waals surface area contributed by atoms with Gasteiger partial charge < -0.3 is 10.1 Å². The van der Waals surface area contributed by atoms with Crippen molar-refractivity contribution in [3.8, 4) is 11.6 Å². The third-order valence-corrected chi connectivity index (χ3v) is 2.61. The molecule has 0 saturated heterocycles. The highest BCUT2D eigenvalue weighted by atomic mass is 35.5. The van der Waals surface area contributed by atoms with Gasteiger partial charge in [-0.25, -0.2) is 4.98 Å². The largest absolute Gasteiger partial charge is 0.437 e. The highest BCUT2D eigenvalue weighted by molar-refractivity contribution is 6.30. The molecule has 0 spiro atoms. The molecule has 1 aromatic heterocycles. The van der Waals surface area contributed by atoms with Crippen molar-refractivity contribution in [2.75, 3.05) is 7.05 Å². The van der Waals surface area contributed by atoms with Crippen LogP contribution in [0, 0.1) is 6.92 Å². The van der Waals surface area contributed by atoms with Gasteiger partial charge in [0.1, 0.15) is 5.75 Å². The molecule has 2 rings (SSSR count). The summed E-state index contributed by atoms with van der Waals surface area (Å²) in [6, 6.07) is 5.46. The number of benzene rings is 1. The minimum absolute atomic E-state index is 0.480. The van der Waals surface area contributed by atoms with Gasteiger partial charge in [0, 0.05) is 17.8 Å². The van der Waals surface area contributed by atoms with Crippen molar-refractivity contribution in [1.29, 1.82) is 0 Å². The van der Waals surface area contributed by atoms with Gasteiger partial charge in [0.05, 0.1) is 11.9 Å². The highest BCUT2D eigenvalue weighted by Gasteiger charge is 2.04. The van der Waals surface area contributed by atoms with Gasteiger partial charge >= 0.3 is 0 Å². The van der Waals surface area contributed by atoms with Crippen LogP contribution in [-0.4, -0.2) is 17.0 Å². The van der Waals surface area contributed by atoms with Crippen LogP contribution in [0.4, 0.5) is 0 Å². The maximum Gasteiger partial charge on any atom is 0.238 e. The van der Waals surface area contributed by atoms with Gasteiger partial charge in [0.15, 0.2) is 0 Å². The van der Waals surface area contributed by atoms with Crippen molar-refractivity contribution in [3.63, 3.8) is 0 Å². The first-order valence-electron chi connectivity index (χ1n) is 5.58. The molecule has 0 aliphatic rings. The van der Waals surface area contributed by atoms with E-state index in [1.54, 1.807) is 18.5 Å². The zero-order valence-corrected chi connectivity index (χ0v) is 11.0. The summed E-state index contributed by atoms with van der Waals surface area (Å²) < 4.78 is 5.69. The highest BCUT2D eigenvalue weighted by Crippen LogP contribution is 2.25. The van der Waals surface area contributed by atoms with Gasteiger partial charge in [-0.05, 0) is 37.7 Å². The van der Waals surface area contributed by atoms with Crippen LogP contribution in [0.3, 0.4) is 0 Å². The van der Waals surface area contributed by atoms with Crippen molar-refractivity contribution in [2.24, 2.45) is 0 Å². The van der Waals surface area contributed by atoms with Gasteiger partial charge in [-0.3, -0.25) is 4.98 Å². The summed E-state index contributed by atoms with van der Waals surface area (Å²) in [5.74, 6) is 1.21. The number of hydrogen-bond acceptors (Lipinski definition) is 4. The van der Waals surface area contributed by atoms with Gasteiger partial charge in [-0.2, -0.15) is 0 Å². The maximum atomic E-state index is 5.89. The molecule has 94 valence electrons. The first kappa shape index (κ1) is 12.8. The Balaban J connectivity index is 2.20. The first-order chi connectivity index (χ1) is 8.69. The van der Waals surface area contributed by atoms with Crippen LogP contribution in [-0.2, 0) is 6.54 Å². The molecule has 0 saturated carbocycles. The lowest BCUT2D eigenvalue weighted by molar-refractivity contribution is 0.453. The van der Waals surface area contributed by atoms with E-state index in [1.807, 2.05) is 26.1 Å². The van der Waals surface area contributed by atoms with E-state index < -0.39 is 0 Å². The van der Waals surface area contributed by atoms with Crippen LogP contribution < -0.4 is 10.1 Å². The lowest BCUT2D eigenvalue weighted by atomic mass is 10.2. The normalized spacial score (nSPS) is 10.4. The average Bonchev–Trinajstić information content (AvgIpc) is 2.34. The van der Waals surface area contributed by atoms with E-state index in [4.69, 9.17) is 16.3 Å². The molecule has 0 amide bonds. The van der Waals surface area contributed by atoms with Crippen molar-refractivity contribution in [1.82, 2.24) is 15.3 Å². The molecule has 4 nitrogen and oxygen atoms in total. The third kappa shape index (κ3) is 3.18. The zero-order valence-electron chi connectivity index (χ0n) is 10.3. The average molecular weight is 264 g/mol. The first-order valence-corrected chi connectivity index (χ1v) is 5.96. The molecular weight excluding hydrogens is 250 g/mol. The van der Waals surface area contributed by atoms with Crippen molar-refractivity contribution >= 4 is 11.6 Å². The zero-order chi connectivity index (χ0) is 13.0. The number of halogens is 1. The Morgan fingerprint density at radius 3 is 2.89 bits per heavy atom. The number of nitrogens with zero attached hydrogens (tertiary/aromatic N) is 2. The molecular formula is C13H14ClN3O. The van der Waals surface area contributed by atoms with Gasteiger partial charge in [-0.15, -0.1) is 0 Å². The van der Waals surface area contributed by atoms with Crippen LogP contribution in [0.25, 0.3) is 0 Å². The second kappa shape index (κ2) is 5.80. The fourth-order valence-electron chi connectivity index (χ4n) is 1.54. The van der Waals surface area contributed by atoms with Gasteiger partial charge in [0.2, 0.25) is 5.88 Å². The Bertz CT molecular complexity index is 546. The summed E-state index contributed by atoms with van der Waals surface area (Å²) in [7, 11) is 1.86. The molecule has 1 N–H and O–H groups in total. The Kier molecular flexibility index (Phi) is 4.12. The second-order valence-corrected chi connectivity index (χ2v) is 4.33.